The molecule has 3 fully saturated rings. The summed E-state index contributed by atoms with van der Waals surface area (Å²) >= 11 is 9.61. The summed E-state index contributed by atoms with van der Waals surface area (Å²) in [5.74, 6) is 1.74. The number of piperidine rings is 1. The highest BCUT2D eigenvalue weighted by Crippen LogP contribution is 2.29. The van der Waals surface area contributed by atoms with Crippen LogP contribution in [0.5, 0.6) is 5.75 Å². The zero-order valence-electron chi connectivity index (χ0n) is 24.9. The van der Waals surface area contributed by atoms with Gasteiger partial charge in [-0.05, 0) is 79.9 Å². The molecule has 3 aliphatic rings. The van der Waals surface area contributed by atoms with Crippen LogP contribution in [0.15, 0.2) is 58.8 Å². The zero-order chi connectivity index (χ0) is 29.9. The number of carbonyl (C=O) groups is 1. The lowest BCUT2D eigenvalue weighted by molar-refractivity contribution is -0.119. The number of amides is 1. The van der Waals surface area contributed by atoms with Crippen molar-refractivity contribution in [2.75, 3.05) is 45.9 Å². The Bertz CT molecular complexity index is 1240. The first-order valence-electron chi connectivity index (χ1n) is 15.6. The number of halogens is 1. The summed E-state index contributed by atoms with van der Waals surface area (Å²) < 4.78 is 8.52. The molecule has 2 aliphatic heterocycles. The van der Waals surface area contributed by atoms with Gasteiger partial charge in [-0.3, -0.25) is 9.69 Å². The van der Waals surface area contributed by atoms with Crippen molar-refractivity contribution in [3.8, 4) is 17.0 Å². The molecule has 1 aliphatic carbocycles. The summed E-state index contributed by atoms with van der Waals surface area (Å²) in [7, 11) is 0. The average Bonchev–Trinajstić information content (AvgIpc) is 3.52. The molecule has 0 atom stereocenters. The number of carbonyl (C=O) groups excluding carboxylic acids is 1. The lowest BCUT2D eigenvalue weighted by atomic mass is 9.90. The van der Waals surface area contributed by atoms with E-state index < -0.39 is 0 Å². The topological polar surface area (TPSA) is 74.9 Å². The summed E-state index contributed by atoms with van der Waals surface area (Å²) in [6.07, 6.45) is 9.59. The molecule has 43 heavy (non-hydrogen) atoms. The number of piperazine rings is 1. The van der Waals surface area contributed by atoms with Crippen molar-refractivity contribution in [2.45, 2.75) is 62.4 Å². The summed E-state index contributed by atoms with van der Waals surface area (Å²) in [6.45, 7) is 7.70. The summed E-state index contributed by atoms with van der Waals surface area (Å²) in [5.41, 5.74) is 7.77. The van der Waals surface area contributed by atoms with Gasteiger partial charge in [-0.15, -0.1) is 11.3 Å². The van der Waals surface area contributed by atoms with Crippen LogP contribution >= 0.6 is 34.9 Å². The molecule has 1 aromatic heterocycles. The van der Waals surface area contributed by atoms with Gasteiger partial charge in [0.05, 0.1) is 18.8 Å². The van der Waals surface area contributed by atoms with E-state index in [0.29, 0.717) is 6.04 Å². The van der Waals surface area contributed by atoms with Crippen molar-refractivity contribution in [3.63, 3.8) is 0 Å². The fraction of sp³-hybridized carbons (Fsp3) is 0.515. The lowest BCUT2D eigenvalue weighted by Gasteiger charge is -2.33. The minimum absolute atomic E-state index is 0.321. The van der Waals surface area contributed by atoms with Gasteiger partial charge in [-0.2, -0.15) is 0 Å². The van der Waals surface area contributed by atoms with E-state index in [2.05, 4.69) is 38.9 Å². The second-order valence-corrected chi connectivity index (χ2v) is 14.2. The Labute approximate surface area is 269 Å². The highest BCUT2D eigenvalue weighted by molar-refractivity contribution is 7.97. The number of thiazole rings is 1. The Morgan fingerprint density at radius 1 is 0.930 bits per heavy atom. The predicted octanol–water partition coefficient (Wildman–Crippen LogP) is 6.81. The second-order valence-electron chi connectivity index (χ2n) is 11.7. The van der Waals surface area contributed by atoms with Crippen molar-refractivity contribution >= 4 is 41.3 Å². The fourth-order valence-corrected chi connectivity index (χ4v) is 7.52. The monoisotopic (exact) mass is 641 g/mol. The van der Waals surface area contributed by atoms with Crippen LogP contribution in [-0.4, -0.2) is 77.4 Å². The number of aromatic nitrogens is 1. The van der Waals surface area contributed by atoms with E-state index in [0.717, 1.165) is 99.6 Å². The van der Waals surface area contributed by atoms with Crippen LogP contribution in [-0.2, 0) is 11.3 Å². The molecule has 0 radical (unpaired) electrons. The third-order valence-corrected chi connectivity index (χ3v) is 10.6. The quantitative estimate of drug-likeness (QED) is 0.203. The van der Waals surface area contributed by atoms with Crippen molar-refractivity contribution < 1.29 is 9.53 Å². The maximum Gasteiger partial charge on any atom is 0.209 e. The third kappa shape index (κ3) is 10.5. The first kappa shape index (κ1) is 32.3. The first-order valence-corrected chi connectivity index (χ1v) is 17.6. The Morgan fingerprint density at radius 3 is 2.30 bits per heavy atom. The van der Waals surface area contributed by atoms with Crippen LogP contribution < -0.4 is 10.5 Å². The van der Waals surface area contributed by atoms with Crippen LogP contribution in [0.2, 0.25) is 5.02 Å². The number of nitrogens with two attached hydrogens (primary N) is 1. The van der Waals surface area contributed by atoms with E-state index in [1.54, 1.807) is 16.2 Å². The molecule has 1 saturated carbocycles. The molecule has 6 rings (SSSR count). The molecular weight excluding hydrogens is 598 g/mol. The molecule has 3 aromatic rings. The number of hydrogen-bond donors (Lipinski definition) is 1. The lowest BCUT2D eigenvalue weighted by Crippen LogP contribution is -2.42. The summed E-state index contributed by atoms with van der Waals surface area (Å²) in [5, 5.41) is 4.08. The molecule has 0 unspecified atom stereocenters. The Kier molecular flexibility index (Phi) is 12.6. The smallest absolute Gasteiger partial charge is 0.209 e. The van der Waals surface area contributed by atoms with Crippen LogP contribution in [0, 0.1) is 5.92 Å². The fourth-order valence-electron chi connectivity index (χ4n) is 5.65. The molecule has 3 heterocycles. The van der Waals surface area contributed by atoms with Gasteiger partial charge in [0.2, 0.25) is 6.41 Å². The molecule has 0 spiro atoms. The van der Waals surface area contributed by atoms with E-state index in [4.69, 9.17) is 27.1 Å². The Morgan fingerprint density at radius 2 is 1.63 bits per heavy atom. The standard InChI is InChI=1S/C27H32ClN3OS2.C6H12N2O/c28-23-8-6-22(7-9-23)26-20-33-27(29-26)18-30-14-16-31(17-15-30)34-25-12-10-24(11-13-25)32-19-21-4-2-1-3-5-21;7-6-1-3-8(5-9)4-2-6/h6-13,20-21H,1-5,14-19H2;5-6H,1-4,7H2. The van der Waals surface area contributed by atoms with Crippen molar-refractivity contribution in [3.05, 3.63) is 63.9 Å². The van der Waals surface area contributed by atoms with Gasteiger partial charge in [-0.25, -0.2) is 9.29 Å². The molecular formula is C33H44ClN5O2S2. The molecule has 1 amide bonds. The van der Waals surface area contributed by atoms with Crippen molar-refractivity contribution in [2.24, 2.45) is 11.7 Å². The van der Waals surface area contributed by atoms with Crippen LogP contribution in [0.4, 0.5) is 0 Å². The molecule has 7 nitrogen and oxygen atoms in total. The van der Waals surface area contributed by atoms with Crippen molar-refractivity contribution in [1.82, 2.24) is 19.1 Å². The van der Waals surface area contributed by atoms with Crippen LogP contribution in [0.25, 0.3) is 11.3 Å². The number of benzene rings is 2. The highest BCUT2D eigenvalue weighted by Gasteiger charge is 2.20. The molecule has 0 bridgehead atoms. The van der Waals surface area contributed by atoms with E-state index in [9.17, 15) is 4.79 Å². The number of rotatable bonds is 9. The molecule has 2 N–H and O–H groups in total. The van der Waals surface area contributed by atoms with Gasteiger partial charge in [0.1, 0.15) is 10.8 Å². The zero-order valence-corrected chi connectivity index (χ0v) is 27.3. The minimum Gasteiger partial charge on any atom is -0.493 e. The Balaban J connectivity index is 0.000000351. The third-order valence-electron chi connectivity index (χ3n) is 8.37. The van der Waals surface area contributed by atoms with Gasteiger partial charge < -0.3 is 15.4 Å². The average molecular weight is 642 g/mol. The van der Waals surface area contributed by atoms with Gasteiger partial charge in [0.15, 0.2) is 0 Å². The second kappa shape index (κ2) is 16.8. The highest BCUT2D eigenvalue weighted by atomic mass is 35.5. The molecule has 2 aromatic carbocycles. The summed E-state index contributed by atoms with van der Waals surface area (Å²) in [4.78, 5) is 20.6. The number of hydrogen-bond acceptors (Lipinski definition) is 8. The summed E-state index contributed by atoms with van der Waals surface area (Å²) in [6, 6.07) is 16.9. The number of likely N-dealkylation sites (tertiary alicyclic amines) is 1. The maximum atomic E-state index is 10.2. The van der Waals surface area contributed by atoms with Crippen LogP contribution in [0.1, 0.15) is 50.0 Å². The normalized spacial score (nSPS) is 19.1. The molecule has 232 valence electrons. The van der Waals surface area contributed by atoms with Crippen LogP contribution in [0.3, 0.4) is 0 Å². The van der Waals surface area contributed by atoms with E-state index in [1.807, 2.05) is 36.2 Å². The van der Waals surface area contributed by atoms with E-state index in [-0.39, 0.29) is 0 Å². The minimum atomic E-state index is 0.321. The number of ether oxygens (including phenoxy) is 1. The number of nitrogens with zero attached hydrogens (tertiary/aromatic N) is 4. The maximum absolute atomic E-state index is 10.2. The first-order chi connectivity index (χ1) is 21.0. The predicted molar refractivity (Wildman–Crippen MR) is 179 cm³/mol. The molecule has 10 heteroatoms. The van der Waals surface area contributed by atoms with Crippen molar-refractivity contribution in [1.29, 1.82) is 0 Å². The van der Waals surface area contributed by atoms with Gasteiger partial charge >= 0.3 is 0 Å². The Hall–Kier alpha value is -2.14. The van der Waals surface area contributed by atoms with Gasteiger partial charge in [-0.1, -0.05) is 43.0 Å². The van der Waals surface area contributed by atoms with E-state index in [1.165, 1.54) is 42.0 Å². The molecule has 2 saturated heterocycles. The van der Waals surface area contributed by atoms with E-state index >= 15 is 0 Å². The SMILES string of the molecule is Clc1ccc(-c2csc(CN3CCN(Sc4ccc(OCC5CCCCC5)cc4)CC3)n2)cc1.NC1CCN(C=O)CC1. The largest absolute Gasteiger partial charge is 0.493 e. The van der Waals surface area contributed by atoms with Gasteiger partial charge in [0.25, 0.3) is 0 Å². The van der Waals surface area contributed by atoms with Gasteiger partial charge in [0, 0.05) is 66.2 Å².